The number of benzene rings is 1. The number of aliphatic hydroxyl groups is 2. The minimum Gasteiger partial charge on any atom is -0.545 e. The largest absolute Gasteiger partial charge is 0.545 e. The lowest BCUT2D eigenvalue weighted by molar-refractivity contribution is -0.255. The molecule has 1 aromatic rings. The lowest BCUT2D eigenvalue weighted by Gasteiger charge is -2.22. The summed E-state index contributed by atoms with van der Waals surface area (Å²) in [5.41, 5.74) is -1.29. The molecule has 1 rings (SSSR count). The lowest BCUT2D eigenvalue weighted by atomic mass is 9.90. The predicted octanol–water partition coefficient (Wildman–Crippen LogP) is -1.48. The summed E-state index contributed by atoms with van der Waals surface area (Å²) in [7, 11) is 0. The van der Waals surface area contributed by atoms with Gasteiger partial charge in [0.25, 0.3) is 0 Å². The maximum absolute atomic E-state index is 11.1. The Morgan fingerprint density at radius 2 is 1.61 bits per heavy atom. The normalized spacial score (nSPS) is 14.0. The number of carboxylic acids is 2. The number of rotatable bonds is 4. The Hall–Kier alpha value is -1.92. The van der Waals surface area contributed by atoms with Crippen LogP contribution in [0.25, 0.3) is 0 Å². The first-order chi connectivity index (χ1) is 8.27. The molecule has 0 aliphatic heterocycles. The molecule has 0 heterocycles. The van der Waals surface area contributed by atoms with Crippen molar-refractivity contribution in [2.45, 2.75) is 26.1 Å². The molecule has 98 valence electrons. The van der Waals surface area contributed by atoms with E-state index in [0.717, 1.165) is 12.1 Å². The van der Waals surface area contributed by atoms with Crippen LogP contribution in [0.15, 0.2) is 12.1 Å². The van der Waals surface area contributed by atoms with E-state index in [0.29, 0.717) is 0 Å². The molecule has 2 atom stereocenters. The van der Waals surface area contributed by atoms with E-state index in [1.165, 1.54) is 13.8 Å². The Morgan fingerprint density at radius 3 is 1.94 bits per heavy atom. The third kappa shape index (κ3) is 2.49. The van der Waals surface area contributed by atoms with Crippen molar-refractivity contribution in [2.75, 3.05) is 0 Å². The standard InChI is InChI=1S/C12H14O6/c1-5(13)7-3-4-8(11(15)16)9(6(2)14)10(7)12(17)18/h3-6,13-14H,1-2H3,(H,15,16)(H,17,18)/p-2. The highest BCUT2D eigenvalue weighted by Crippen LogP contribution is 2.28. The molecule has 0 amide bonds. The van der Waals surface area contributed by atoms with Gasteiger partial charge in [-0.2, -0.15) is 0 Å². The van der Waals surface area contributed by atoms with Crippen molar-refractivity contribution in [2.24, 2.45) is 0 Å². The first-order valence-electron chi connectivity index (χ1n) is 5.23. The van der Waals surface area contributed by atoms with Gasteiger partial charge in [0.05, 0.1) is 24.1 Å². The summed E-state index contributed by atoms with van der Waals surface area (Å²) in [5.74, 6) is -3.27. The fourth-order valence-corrected chi connectivity index (χ4v) is 1.82. The van der Waals surface area contributed by atoms with E-state index in [1.54, 1.807) is 0 Å². The van der Waals surface area contributed by atoms with E-state index in [4.69, 9.17) is 0 Å². The van der Waals surface area contributed by atoms with Gasteiger partial charge in [-0.1, -0.05) is 12.1 Å². The molecule has 0 aliphatic carbocycles. The van der Waals surface area contributed by atoms with E-state index < -0.39 is 35.3 Å². The number of hydrogen-bond acceptors (Lipinski definition) is 6. The number of aliphatic hydroxyl groups excluding tert-OH is 2. The van der Waals surface area contributed by atoms with E-state index >= 15 is 0 Å². The lowest BCUT2D eigenvalue weighted by Crippen LogP contribution is -2.30. The van der Waals surface area contributed by atoms with Crippen LogP contribution in [0.2, 0.25) is 0 Å². The SMILES string of the molecule is CC(O)c1ccc(C(=O)[O-])c(C(C)O)c1C(=O)[O-]. The number of hydrogen-bond donors (Lipinski definition) is 2. The highest BCUT2D eigenvalue weighted by atomic mass is 16.4. The quantitative estimate of drug-likeness (QED) is 0.674. The van der Waals surface area contributed by atoms with E-state index in [9.17, 15) is 30.0 Å². The molecular weight excluding hydrogens is 240 g/mol. The fraction of sp³-hybridized carbons (Fsp3) is 0.333. The fourth-order valence-electron chi connectivity index (χ4n) is 1.82. The molecule has 6 heteroatoms. The van der Waals surface area contributed by atoms with Crippen molar-refractivity contribution in [3.05, 3.63) is 34.4 Å². The molecule has 1 aromatic carbocycles. The van der Waals surface area contributed by atoms with Gasteiger partial charge in [-0.05, 0) is 25.0 Å². The summed E-state index contributed by atoms with van der Waals surface area (Å²) in [4.78, 5) is 22.0. The summed E-state index contributed by atoms with van der Waals surface area (Å²) in [6, 6.07) is 2.25. The topological polar surface area (TPSA) is 121 Å². The number of carbonyl (C=O) groups is 2. The molecular formula is C12H12O6-2. The Kier molecular flexibility index (Phi) is 4.05. The molecule has 18 heavy (non-hydrogen) atoms. The molecule has 0 bridgehead atoms. The van der Waals surface area contributed by atoms with Gasteiger partial charge in [-0.15, -0.1) is 0 Å². The maximum atomic E-state index is 11.1. The zero-order chi connectivity index (χ0) is 14.0. The molecule has 2 N–H and O–H groups in total. The molecule has 6 nitrogen and oxygen atoms in total. The van der Waals surface area contributed by atoms with Crippen LogP contribution >= 0.6 is 0 Å². The first kappa shape index (κ1) is 14.1. The minimum absolute atomic E-state index is 0.0177. The summed E-state index contributed by atoms with van der Waals surface area (Å²) >= 11 is 0. The van der Waals surface area contributed by atoms with Crippen molar-refractivity contribution >= 4 is 11.9 Å². The second-order valence-corrected chi connectivity index (χ2v) is 3.92. The maximum Gasteiger partial charge on any atom is 0.0774 e. The molecule has 0 spiro atoms. The van der Waals surface area contributed by atoms with E-state index in [1.807, 2.05) is 0 Å². The summed E-state index contributed by atoms with van der Waals surface area (Å²) in [6.45, 7) is 2.55. The Bertz CT molecular complexity index is 490. The van der Waals surface area contributed by atoms with Crippen molar-refractivity contribution < 1.29 is 30.0 Å². The van der Waals surface area contributed by atoms with Crippen LogP contribution in [0.1, 0.15) is 57.9 Å². The average Bonchev–Trinajstić information content (AvgIpc) is 2.26. The Balaban J connectivity index is 3.71. The van der Waals surface area contributed by atoms with Crippen LogP contribution in [0.5, 0.6) is 0 Å². The number of aromatic carboxylic acids is 2. The van der Waals surface area contributed by atoms with Crippen molar-refractivity contribution in [3.8, 4) is 0 Å². The molecule has 0 aromatic heterocycles. The van der Waals surface area contributed by atoms with E-state index in [-0.39, 0.29) is 11.1 Å². The van der Waals surface area contributed by atoms with Gasteiger partial charge in [0.15, 0.2) is 0 Å². The van der Waals surface area contributed by atoms with Crippen LogP contribution in [-0.2, 0) is 0 Å². The Labute approximate surface area is 103 Å². The second kappa shape index (κ2) is 5.16. The van der Waals surface area contributed by atoms with Crippen LogP contribution in [0, 0.1) is 0 Å². The third-order valence-electron chi connectivity index (χ3n) is 2.57. The highest BCUT2D eigenvalue weighted by Gasteiger charge is 2.20. The third-order valence-corrected chi connectivity index (χ3v) is 2.57. The smallest absolute Gasteiger partial charge is 0.0774 e. The van der Waals surface area contributed by atoms with Gasteiger partial charge in [0, 0.05) is 11.1 Å². The summed E-state index contributed by atoms with van der Waals surface area (Å²) in [6.07, 6.45) is -2.48. The predicted molar refractivity (Wildman–Crippen MR) is 56.4 cm³/mol. The second-order valence-electron chi connectivity index (χ2n) is 3.92. The zero-order valence-electron chi connectivity index (χ0n) is 9.84. The van der Waals surface area contributed by atoms with Gasteiger partial charge >= 0.3 is 0 Å². The molecule has 0 saturated heterocycles. The van der Waals surface area contributed by atoms with Crippen LogP contribution in [-0.4, -0.2) is 22.2 Å². The van der Waals surface area contributed by atoms with Crippen molar-refractivity contribution in [1.29, 1.82) is 0 Å². The van der Waals surface area contributed by atoms with Crippen LogP contribution in [0.3, 0.4) is 0 Å². The monoisotopic (exact) mass is 252 g/mol. The Morgan fingerprint density at radius 1 is 1.06 bits per heavy atom. The van der Waals surface area contributed by atoms with E-state index in [2.05, 4.69) is 0 Å². The molecule has 2 unspecified atom stereocenters. The van der Waals surface area contributed by atoms with Gasteiger partial charge < -0.3 is 30.0 Å². The first-order valence-corrected chi connectivity index (χ1v) is 5.23. The number of carboxylic acid groups (broad SMARTS) is 2. The molecule has 0 saturated carbocycles. The summed E-state index contributed by atoms with van der Waals surface area (Å²) < 4.78 is 0. The number of carbonyl (C=O) groups excluding carboxylic acids is 2. The summed E-state index contributed by atoms with van der Waals surface area (Å²) in [5, 5.41) is 40.9. The van der Waals surface area contributed by atoms with Gasteiger partial charge in [0.2, 0.25) is 0 Å². The average molecular weight is 252 g/mol. The van der Waals surface area contributed by atoms with Crippen LogP contribution < -0.4 is 10.2 Å². The van der Waals surface area contributed by atoms with Crippen LogP contribution in [0.4, 0.5) is 0 Å². The minimum atomic E-state index is -1.66. The molecule has 0 fully saturated rings. The van der Waals surface area contributed by atoms with Gasteiger partial charge in [-0.3, -0.25) is 0 Å². The van der Waals surface area contributed by atoms with Gasteiger partial charge in [-0.25, -0.2) is 0 Å². The van der Waals surface area contributed by atoms with Crippen molar-refractivity contribution in [1.82, 2.24) is 0 Å². The zero-order valence-corrected chi connectivity index (χ0v) is 9.84. The van der Waals surface area contributed by atoms with Crippen molar-refractivity contribution in [3.63, 3.8) is 0 Å². The van der Waals surface area contributed by atoms with Gasteiger partial charge in [0.1, 0.15) is 0 Å². The highest BCUT2D eigenvalue weighted by molar-refractivity contribution is 5.96. The molecule has 0 aliphatic rings. The molecule has 0 radical (unpaired) electrons.